The van der Waals surface area contributed by atoms with Gasteiger partial charge in [-0.15, -0.1) is 0 Å². The Bertz CT molecular complexity index is 3150. The fourth-order valence-electron chi connectivity index (χ4n) is 10.1. The summed E-state index contributed by atoms with van der Waals surface area (Å²) in [6.45, 7) is 27.7. The number of aromatic nitrogens is 2. The van der Waals surface area contributed by atoms with Crippen LogP contribution in [-0.4, -0.2) is 9.13 Å². The predicted octanol–water partition coefficient (Wildman–Crippen LogP) is 18.1. The maximum atomic E-state index is 2.46. The van der Waals surface area contributed by atoms with E-state index in [4.69, 9.17) is 0 Å². The first kappa shape index (κ1) is 44.9. The maximum absolute atomic E-state index is 2.46. The van der Waals surface area contributed by atoms with Crippen molar-refractivity contribution >= 4 is 54.8 Å². The molecule has 0 saturated heterocycles. The SMILES string of the molecule is CC(C)(C)c1ccc2c(c1)c1cc(C(C)(C)C)ccc1n2-c1ccc(C(=C(c2ccccc2)c2ccccc2)c2ccc(-n3c4ccc(C(C)(C)C)cc4c4cc(C(C)(C)C)ccc43)cc2)cc1. The second-order valence-corrected chi connectivity index (χ2v) is 23.2. The van der Waals surface area contributed by atoms with Gasteiger partial charge in [-0.05, 0) is 150 Å². The molecule has 340 valence electrons. The molecule has 0 aliphatic carbocycles. The van der Waals surface area contributed by atoms with Gasteiger partial charge in [0.05, 0.1) is 22.1 Å². The second-order valence-electron chi connectivity index (χ2n) is 23.2. The number of hydrogen-bond acceptors (Lipinski definition) is 0. The standard InChI is InChI=1S/C66H66N2/c1-63(2,3)47-27-35-57-53(39-47)54-40-48(64(4,5)6)28-36-58(54)67(57)51-31-23-45(24-32-51)62(61(43-19-15-13-16-20-43)44-21-17-14-18-22-44)46-25-33-52(34-26-46)68-59-37-29-49(65(7,8)9)41-55(59)56-42-50(66(10,11)12)30-38-60(56)68/h13-42H,1-12H3. The Morgan fingerprint density at radius 3 is 0.735 bits per heavy atom. The molecule has 0 unspecified atom stereocenters. The first-order valence-electron chi connectivity index (χ1n) is 24.5. The van der Waals surface area contributed by atoms with Crippen LogP contribution in [0.15, 0.2) is 182 Å². The van der Waals surface area contributed by atoms with Gasteiger partial charge in [0, 0.05) is 32.9 Å². The molecule has 0 saturated carbocycles. The predicted molar refractivity (Wildman–Crippen MR) is 294 cm³/mol. The van der Waals surface area contributed by atoms with E-state index in [-0.39, 0.29) is 21.7 Å². The van der Waals surface area contributed by atoms with Crippen LogP contribution in [0, 0.1) is 0 Å². The smallest absolute Gasteiger partial charge is 0.0541 e. The molecular formula is C66H66N2. The molecule has 0 bridgehead atoms. The molecule has 0 aliphatic heterocycles. The van der Waals surface area contributed by atoms with E-state index in [0.717, 1.165) is 22.5 Å². The van der Waals surface area contributed by atoms with Crippen molar-refractivity contribution in [3.05, 3.63) is 226 Å². The zero-order chi connectivity index (χ0) is 47.9. The molecular weight excluding hydrogens is 821 g/mol. The van der Waals surface area contributed by atoms with Crippen molar-refractivity contribution in [3.63, 3.8) is 0 Å². The highest BCUT2D eigenvalue weighted by Gasteiger charge is 2.24. The van der Waals surface area contributed by atoms with Crippen LogP contribution in [0.5, 0.6) is 0 Å². The van der Waals surface area contributed by atoms with Crippen molar-refractivity contribution in [3.8, 4) is 11.4 Å². The highest BCUT2D eigenvalue weighted by Crippen LogP contribution is 2.42. The lowest BCUT2D eigenvalue weighted by atomic mass is 9.85. The van der Waals surface area contributed by atoms with E-state index in [9.17, 15) is 0 Å². The van der Waals surface area contributed by atoms with Crippen molar-refractivity contribution in [1.82, 2.24) is 9.13 Å². The van der Waals surface area contributed by atoms with Crippen LogP contribution in [0.2, 0.25) is 0 Å². The summed E-state index contributed by atoms with van der Waals surface area (Å²) in [7, 11) is 0. The topological polar surface area (TPSA) is 9.86 Å². The Morgan fingerprint density at radius 1 is 0.265 bits per heavy atom. The lowest BCUT2D eigenvalue weighted by molar-refractivity contribution is 0.590. The van der Waals surface area contributed by atoms with E-state index in [0.29, 0.717) is 0 Å². The van der Waals surface area contributed by atoms with Crippen LogP contribution >= 0.6 is 0 Å². The molecule has 0 amide bonds. The molecule has 0 atom stereocenters. The molecule has 2 aromatic heterocycles. The quantitative estimate of drug-likeness (QED) is 0.147. The fourth-order valence-corrected chi connectivity index (χ4v) is 10.1. The zero-order valence-electron chi connectivity index (χ0n) is 42.2. The molecule has 2 heteroatoms. The van der Waals surface area contributed by atoms with Gasteiger partial charge in [-0.25, -0.2) is 0 Å². The minimum absolute atomic E-state index is 0.0395. The number of rotatable bonds is 6. The molecule has 2 nitrogen and oxygen atoms in total. The third kappa shape index (κ3) is 8.08. The molecule has 10 rings (SSSR count). The largest absolute Gasteiger partial charge is 0.309 e. The van der Waals surface area contributed by atoms with E-state index in [1.165, 1.54) is 88.1 Å². The van der Waals surface area contributed by atoms with Crippen molar-refractivity contribution in [2.24, 2.45) is 0 Å². The highest BCUT2D eigenvalue weighted by atomic mass is 15.0. The molecule has 0 aliphatic rings. The lowest BCUT2D eigenvalue weighted by Crippen LogP contribution is -2.10. The molecule has 0 spiro atoms. The van der Waals surface area contributed by atoms with Gasteiger partial charge in [-0.2, -0.15) is 0 Å². The van der Waals surface area contributed by atoms with Gasteiger partial charge in [-0.1, -0.05) is 192 Å². The van der Waals surface area contributed by atoms with Crippen LogP contribution in [0.4, 0.5) is 0 Å². The number of nitrogens with zero attached hydrogens (tertiary/aromatic N) is 2. The maximum Gasteiger partial charge on any atom is 0.0541 e. The van der Waals surface area contributed by atoms with Crippen LogP contribution in [0.3, 0.4) is 0 Å². The van der Waals surface area contributed by atoms with E-state index >= 15 is 0 Å². The minimum Gasteiger partial charge on any atom is -0.309 e. The van der Waals surface area contributed by atoms with E-state index < -0.39 is 0 Å². The Labute approximate surface area is 404 Å². The van der Waals surface area contributed by atoms with Crippen LogP contribution in [-0.2, 0) is 21.7 Å². The van der Waals surface area contributed by atoms with Gasteiger partial charge in [0.15, 0.2) is 0 Å². The molecule has 8 aromatic carbocycles. The van der Waals surface area contributed by atoms with Gasteiger partial charge in [0.2, 0.25) is 0 Å². The monoisotopic (exact) mass is 887 g/mol. The third-order valence-electron chi connectivity index (χ3n) is 14.2. The number of hydrogen-bond donors (Lipinski definition) is 0. The summed E-state index contributed by atoms with van der Waals surface area (Å²) < 4.78 is 4.92. The number of benzene rings is 8. The zero-order valence-corrected chi connectivity index (χ0v) is 42.2. The molecule has 68 heavy (non-hydrogen) atoms. The van der Waals surface area contributed by atoms with Crippen molar-refractivity contribution < 1.29 is 0 Å². The normalized spacial score (nSPS) is 12.7. The average molecular weight is 887 g/mol. The summed E-state index contributed by atoms with van der Waals surface area (Å²) in [5.74, 6) is 0. The van der Waals surface area contributed by atoms with Gasteiger partial charge in [-0.3, -0.25) is 0 Å². The molecule has 0 fully saturated rings. The molecule has 2 heterocycles. The van der Waals surface area contributed by atoms with Gasteiger partial charge in [0.25, 0.3) is 0 Å². The molecule has 10 aromatic rings. The fraction of sp³-hybridized carbons (Fsp3) is 0.242. The minimum atomic E-state index is 0.0395. The lowest BCUT2D eigenvalue weighted by Gasteiger charge is -2.20. The summed E-state index contributed by atoms with van der Waals surface area (Å²) in [4.78, 5) is 0. The van der Waals surface area contributed by atoms with Gasteiger partial charge >= 0.3 is 0 Å². The second kappa shape index (κ2) is 16.4. The first-order valence-corrected chi connectivity index (χ1v) is 24.5. The summed E-state index contributed by atoms with van der Waals surface area (Å²) >= 11 is 0. The van der Waals surface area contributed by atoms with Crippen molar-refractivity contribution in [2.75, 3.05) is 0 Å². The van der Waals surface area contributed by atoms with Crippen LogP contribution in [0.25, 0.3) is 66.1 Å². The van der Waals surface area contributed by atoms with Gasteiger partial charge < -0.3 is 9.13 Å². The molecule has 0 N–H and O–H groups in total. The van der Waals surface area contributed by atoms with Crippen molar-refractivity contribution in [1.29, 1.82) is 0 Å². The Morgan fingerprint density at radius 2 is 0.500 bits per heavy atom. The van der Waals surface area contributed by atoms with Crippen molar-refractivity contribution in [2.45, 2.75) is 105 Å². The van der Waals surface area contributed by atoms with Crippen LogP contribution in [0.1, 0.15) is 128 Å². The summed E-state index contributed by atoms with van der Waals surface area (Å²) in [6.07, 6.45) is 0. The Hall–Kier alpha value is -6.90. The van der Waals surface area contributed by atoms with E-state index in [2.05, 4.69) is 274 Å². The molecule has 0 radical (unpaired) electrons. The van der Waals surface area contributed by atoms with Crippen LogP contribution < -0.4 is 0 Å². The summed E-state index contributed by atoms with van der Waals surface area (Å²) in [6, 6.07) is 68.8. The average Bonchev–Trinajstić information content (AvgIpc) is 3.82. The first-order chi connectivity index (χ1) is 32.3. The Kier molecular flexibility index (Phi) is 10.8. The summed E-state index contributed by atoms with van der Waals surface area (Å²) in [5.41, 5.74) is 19.8. The highest BCUT2D eigenvalue weighted by molar-refractivity contribution is 6.11. The van der Waals surface area contributed by atoms with E-state index in [1.54, 1.807) is 0 Å². The van der Waals surface area contributed by atoms with Gasteiger partial charge in [0.1, 0.15) is 0 Å². The Balaban J connectivity index is 1.16. The summed E-state index contributed by atoms with van der Waals surface area (Å²) in [5, 5.41) is 5.19. The number of fused-ring (bicyclic) bond motifs is 6. The third-order valence-corrected chi connectivity index (χ3v) is 14.2. The van der Waals surface area contributed by atoms with E-state index in [1.807, 2.05) is 0 Å².